The van der Waals surface area contributed by atoms with E-state index < -0.39 is 4.92 Å². The van der Waals surface area contributed by atoms with Gasteiger partial charge < -0.3 is 15.4 Å². The summed E-state index contributed by atoms with van der Waals surface area (Å²) < 4.78 is 6.04. The van der Waals surface area contributed by atoms with Crippen molar-refractivity contribution >= 4 is 27.3 Å². The van der Waals surface area contributed by atoms with Crippen LogP contribution in [-0.4, -0.2) is 37.3 Å². The first kappa shape index (κ1) is 13.3. The minimum atomic E-state index is -0.412. The van der Waals surface area contributed by atoms with E-state index in [-0.39, 0.29) is 11.7 Å². The third-order valence-electron chi connectivity index (χ3n) is 2.70. The van der Waals surface area contributed by atoms with E-state index in [0.29, 0.717) is 11.1 Å². The van der Waals surface area contributed by atoms with Gasteiger partial charge in [-0.25, -0.2) is 0 Å². The Hall–Kier alpha value is -1.18. The first-order chi connectivity index (χ1) is 8.66. The number of nitro benzene ring substituents is 1. The van der Waals surface area contributed by atoms with Gasteiger partial charge in [-0.2, -0.15) is 0 Å². The molecule has 1 aliphatic heterocycles. The minimum absolute atomic E-state index is 0.0755. The van der Waals surface area contributed by atoms with Crippen LogP contribution in [0, 0.1) is 10.1 Å². The average Bonchev–Trinajstić information content (AvgIpc) is 2.38. The van der Waals surface area contributed by atoms with Crippen molar-refractivity contribution in [3.8, 4) is 0 Å². The van der Waals surface area contributed by atoms with Crippen molar-refractivity contribution in [2.75, 3.05) is 31.6 Å². The van der Waals surface area contributed by atoms with Gasteiger partial charge in [-0.05, 0) is 22.0 Å². The summed E-state index contributed by atoms with van der Waals surface area (Å²) in [7, 11) is 0. The van der Waals surface area contributed by atoms with Crippen LogP contribution in [0.15, 0.2) is 22.7 Å². The number of halogens is 1. The fourth-order valence-electron chi connectivity index (χ4n) is 1.74. The second kappa shape index (κ2) is 6.12. The van der Waals surface area contributed by atoms with E-state index in [1.54, 1.807) is 6.07 Å². The molecule has 6 nitrogen and oxygen atoms in total. The Morgan fingerprint density at radius 1 is 1.61 bits per heavy atom. The quantitative estimate of drug-likeness (QED) is 0.654. The zero-order chi connectivity index (χ0) is 13.0. The summed E-state index contributed by atoms with van der Waals surface area (Å²) in [4.78, 5) is 10.2. The Bertz CT molecular complexity index is 436. The van der Waals surface area contributed by atoms with Gasteiger partial charge in [0.2, 0.25) is 0 Å². The molecule has 0 bridgehead atoms. The number of nitrogens with zero attached hydrogens (tertiary/aromatic N) is 1. The number of ether oxygens (including phenoxy) is 1. The lowest BCUT2D eigenvalue weighted by Crippen LogP contribution is -2.45. The second-order valence-electron chi connectivity index (χ2n) is 4.03. The molecule has 0 spiro atoms. The van der Waals surface area contributed by atoms with E-state index >= 15 is 0 Å². The predicted octanol–water partition coefficient (Wildman–Crippen LogP) is 1.76. The molecule has 1 fully saturated rings. The van der Waals surface area contributed by atoms with Crippen LogP contribution >= 0.6 is 15.9 Å². The normalized spacial score (nSPS) is 19.5. The molecule has 0 aliphatic carbocycles. The molecule has 0 aromatic heterocycles. The monoisotopic (exact) mass is 315 g/mol. The van der Waals surface area contributed by atoms with Gasteiger partial charge in [0, 0.05) is 41.4 Å². The van der Waals surface area contributed by atoms with Gasteiger partial charge in [-0.1, -0.05) is 0 Å². The number of anilines is 1. The molecule has 1 aliphatic rings. The largest absolute Gasteiger partial charge is 0.382 e. The summed E-state index contributed by atoms with van der Waals surface area (Å²) in [5.74, 6) is 0. The summed E-state index contributed by atoms with van der Waals surface area (Å²) in [6, 6.07) is 4.94. The molecular weight excluding hydrogens is 302 g/mol. The molecule has 1 aromatic rings. The van der Waals surface area contributed by atoms with E-state index in [9.17, 15) is 10.1 Å². The van der Waals surface area contributed by atoms with Crippen molar-refractivity contribution in [3.63, 3.8) is 0 Å². The van der Waals surface area contributed by atoms with Crippen LogP contribution in [0.4, 0.5) is 11.4 Å². The highest BCUT2D eigenvalue weighted by atomic mass is 79.9. The van der Waals surface area contributed by atoms with E-state index in [0.717, 1.165) is 25.4 Å². The predicted molar refractivity (Wildman–Crippen MR) is 71.9 cm³/mol. The second-order valence-corrected chi connectivity index (χ2v) is 4.88. The maximum atomic E-state index is 10.6. The fourth-order valence-corrected chi connectivity index (χ4v) is 2.25. The number of morpholine rings is 1. The van der Waals surface area contributed by atoms with Crippen molar-refractivity contribution in [1.82, 2.24) is 5.32 Å². The maximum Gasteiger partial charge on any atom is 0.270 e. The lowest BCUT2D eigenvalue weighted by molar-refractivity contribution is -0.384. The van der Waals surface area contributed by atoms with Gasteiger partial charge in [-0.3, -0.25) is 10.1 Å². The molecule has 1 atom stereocenters. The average molecular weight is 316 g/mol. The molecule has 1 heterocycles. The maximum absolute atomic E-state index is 10.6. The SMILES string of the molecule is O=[N+]([O-])c1ccc(NCC2COCCN2)c(Br)c1. The Balaban J connectivity index is 1.94. The first-order valence-corrected chi connectivity index (χ1v) is 6.45. The van der Waals surface area contributed by atoms with Gasteiger partial charge in [0.1, 0.15) is 0 Å². The summed E-state index contributed by atoms with van der Waals surface area (Å²) in [5, 5.41) is 17.2. The summed E-state index contributed by atoms with van der Waals surface area (Å²) >= 11 is 3.32. The topological polar surface area (TPSA) is 76.4 Å². The Morgan fingerprint density at radius 2 is 2.44 bits per heavy atom. The molecule has 1 unspecified atom stereocenters. The van der Waals surface area contributed by atoms with E-state index in [4.69, 9.17) is 4.74 Å². The lowest BCUT2D eigenvalue weighted by atomic mass is 10.2. The van der Waals surface area contributed by atoms with Crippen LogP contribution in [0.1, 0.15) is 0 Å². The van der Waals surface area contributed by atoms with Gasteiger partial charge in [0.15, 0.2) is 0 Å². The number of non-ortho nitro benzene ring substituents is 1. The zero-order valence-corrected chi connectivity index (χ0v) is 11.3. The number of nitro groups is 1. The van der Waals surface area contributed by atoms with Crippen LogP contribution in [0.3, 0.4) is 0 Å². The highest BCUT2D eigenvalue weighted by Crippen LogP contribution is 2.26. The molecule has 1 aromatic carbocycles. The van der Waals surface area contributed by atoms with Gasteiger partial charge in [0.05, 0.1) is 18.1 Å². The third-order valence-corrected chi connectivity index (χ3v) is 3.36. The van der Waals surface area contributed by atoms with Crippen LogP contribution in [0.25, 0.3) is 0 Å². The molecular formula is C11H14BrN3O3. The van der Waals surface area contributed by atoms with Crippen molar-refractivity contribution in [2.45, 2.75) is 6.04 Å². The van der Waals surface area contributed by atoms with Crippen molar-refractivity contribution in [3.05, 3.63) is 32.8 Å². The molecule has 0 radical (unpaired) electrons. The summed E-state index contributed by atoms with van der Waals surface area (Å²) in [5.41, 5.74) is 0.916. The van der Waals surface area contributed by atoms with E-state index in [1.807, 2.05) is 0 Å². The summed E-state index contributed by atoms with van der Waals surface area (Å²) in [6.07, 6.45) is 0. The Kier molecular flexibility index (Phi) is 4.51. The zero-order valence-electron chi connectivity index (χ0n) is 9.69. The van der Waals surface area contributed by atoms with Gasteiger partial charge in [0.25, 0.3) is 5.69 Å². The number of hydrogen-bond acceptors (Lipinski definition) is 5. The van der Waals surface area contributed by atoms with E-state index in [2.05, 4.69) is 26.6 Å². The standard InChI is InChI=1S/C11H14BrN3O3/c12-10-5-9(15(16)17)1-2-11(10)14-6-8-7-18-4-3-13-8/h1-2,5,8,13-14H,3-4,6-7H2. The highest BCUT2D eigenvalue weighted by Gasteiger charge is 2.14. The van der Waals surface area contributed by atoms with Gasteiger partial charge >= 0.3 is 0 Å². The number of nitrogens with one attached hydrogen (secondary N) is 2. The lowest BCUT2D eigenvalue weighted by Gasteiger charge is -2.24. The molecule has 0 amide bonds. The molecule has 2 N–H and O–H groups in total. The number of benzene rings is 1. The van der Waals surface area contributed by atoms with Crippen LogP contribution in [0.2, 0.25) is 0 Å². The molecule has 1 saturated heterocycles. The highest BCUT2D eigenvalue weighted by molar-refractivity contribution is 9.10. The first-order valence-electron chi connectivity index (χ1n) is 5.66. The number of rotatable bonds is 4. The van der Waals surface area contributed by atoms with Crippen LogP contribution in [-0.2, 0) is 4.74 Å². The fraction of sp³-hybridized carbons (Fsp3) is 0.455. The molecule has 2 rings (SSSR count). The molecule has 0 saturated carbocycles. The Morgan fingerprint density at radius 3 is 3.06 bits per heavy atom. The molecule has 18 heavy (non-hydrogen) atoms. The minimum Gasteiger partial charge on any atom is -0.382 e. The molecule has 98 valence electrons. The van der Waals surface area contributed by atoms with Crippen molar-refractivity contribution in [1.29, 1.82) is 0 Å². The van der Waals surface area contributed by atoms with Crippen LogP contribution in [0.5, 0.6) is 0 Å². The number of hydrogen-bond donors (Lipinski definition) is 2. The van der Waals surface area contributed by atoms with Crippen molar-refractivity contribution < 1.29 is 9.66 Å². The van der Waals surface area contributed by atoms with Crippen LogP contribution < -0.4 is 10.6 Å². The van der Waals surface area contributed by atoms with Gasteiger partial charge in [-0.15, -0.1) is 0 Å². The third kappa shape index (κ3) is 3.41. The Labute approximate surface area is 113 Å². The van der Waals surface area contributed by atoms with E-state index in [1.165, 1.54) is 12.1 Å². The molecule has 7 heteroatoms. The van der Waals surface area contributed by atoms with Crippen molar-refractivity contribution in [2.24, 2.45) is 0 Å². The summed E-state index contributed by atoms with van der Waals surface area (Å²) in [6.45, 7) is 3.00. The smallest absolute Gasteiger partial charge is 0.270 e.